The first-order valence-electron chi connectivity index (χ1n) is 19.9. The first-order valence-corrected chi connectivity index (χ1v) is 25.8. The minimum Gasteiger partial charge on any atom is -0.497 e. The van der Waals surface area contributed by atoms with Crippen LogP contribution in [-0.2, 0) is 44.1 Å². The molecule has 1 unspecified atom stereocenters. The largest absolute Gasteiger partial charge is 0.497 e. The smallest absolute Gasteiger partial charge is 0.404 e. The molecule has 5 N–H and O–H groups in total. The average molecular weight is 917 g/mol. The van der Waals surface area contributed by atoms with Gasteiger partial charge in [0.15, 0.2) is 8.32 Å². The number of amides is 1. The van der Waals surface area contributed by atoms with E-state index in [0.717, 1.165) is 5.56 Å². The molecule has 4 aromatic carbocycles. The number of hydrogen-bond donors (Lipinski definition) is 5. The van der Waals surface area contributed by atoms with Crippen LogP contribution in [0.25, 0.3) is 11.4 Å². The summed E-state index contributed by atoms with van der Waals surface area (Å²) in [6.45, 7) is 9.13. The predicted molar refractivity (Wildman–Crippen MR) is 240 cm³/mol. The Balaban J connectivity index is 1.55. The van der Waals surface area contributed by atoms with Crippen molar-refractivity contribution in [2.75, 3.05) is 25.5 Å². The van der Waals surface area contributed by atoms with Gasteiger partial charge in [-0.05, 0) is 64.3 Å². The van der Waals surface area contributed by atoms with Gasteiger partial charge in [-0.1, -0.05) is 93.6 Å². The summed E-state index contributed by atoms with van der Waals surface area (Å²) in [6, 6.07) is 27.7. The zero-order valence-corrected chi connectivity index (χ0v) is 38.4. The van der Waals surface area contributed by atoms with E-state index in [0.29, 0.717) is 16.9 Å². The zero-order valence-electron chi connectivity index (χ0n) is 35.8. The normalized spacial score (nSPS) is 12.9. The molecule has 334 valence electrons. The molecule has 2 heterocycles. The Kier molecular flexibility index (Phi) is 14.5. The number of imidazole rings is 1. The number of tetrazole rings is 1. The Morgan fingerprint density at radius 2 is 1.52 bits per heavy atom. The van der Waals surface area contributed by atoms with E-state index in [1.165, 1.54) is 27.4 Å². The van der Waals surface area contributed by atoms with Gasteiger partial charge in [0, 0.05) is 38.6 Å². The number of ether oxygens (including phenoxy) is 1. The molecule has 1 amide bonds. The van der Waals surface area contributed by atoms with Crippen LogP contribution in [0, 0.1) is 0 Å². The van der Waals surface area contributed by atoms with Crippen molar-refractivity contribution in [2.24, 2.45) is 0 Å². The molecule has 6 aromatic rings. The molecule has 63 heavy (non-hydrogen) atoms. The van der Waals surface area contributed by atoms with E-state index in [2.05, 4.69) is 40.7 Å². The lowest BCUT2D eigenvalue weighted by Gasteiger charge is -2.39. The zero-order chi connectivity index (χ0) is 45.4. The number of rotatable bonds is 20. The van der Waals surface area contributed by atoms with Crippen molar-refractivity contribution >= 4 is 46.1 Å². The van der Waals surface area contributed by atoms with Gasteiger partial charge < -0.3 is 29.9 Å². The first-order chi connectivity index (χ1) is 29.9. The standard InChI is InChI=1S/C42H52N10O8S2Si/c1-42(2,3)63(5,6)60-34(25-45-41(53)54)26-46-61(55,56)36-22-21-35(47-40-43-23-24-44-40)37(39-48-50-52(49-39)29-32-17-19-33(59-4)20-18-32)38(36)62(57,58)51(27-30-13-9-7-10-14-30)28-31-15-11-8-12-16-31/h7-24,34,45-46H,25-29H2,1-6H3,(H,53,54)(H2,43,44,47). The number of carboxylic acid groups (broad SMARTS) is 1. The Labute approximate surface area is 368 Å². The quantitative estimate of drug-likeness (QED) is 0.0538. The first kappa shape index (κ1) is 46.5. The van der Waals surface area contributed by atoms with Gasteiger partial charge in [0.2, 0.25) is 31.8 Å². The molecular formula is C42H52N10O8S2Si. The fourth-order valence-corrected chi connectivity index (χ4v) is 11.1. The summed E-state index contributed by atoms with van der Waals surface area (Å²) in [5.74, 6) is 0.672. The number of nitrogens with zero attached hydrogens (tertiary/aromatic N) is 6. The summed E-state index contributed by atoms with van der Waals surface area (Å²) >= 11 is 0. The van der Waals surface area contributed by atoms with Gasteiger partial charge in [0.25, 0.3) is 0 Å². The van der Waals surface area contributed by atoms with Crippen molar-refractivity contribution in [1.82, 2.24) is 44.5 Å². The lowest BCUT2D eigenvalue weighted by atomic mass is 10.1. The van der Waals surface area contributed by atoms with Crippen molar-refractivity contribution in [3.8, 4) is 17.1 Å². The Morgan fingerprint density at radius 1 is 0.889 bits per heavy atom. The molecule has 1 atom stereocenters. The lowest BCUT2D eigenvalue weighted by Crippen LogP contribution is -2.50. The van der Waals surface area contributed by atoms with Gasteiger partial charge in [0.05, 0.1) is 31.0 Å². The fraction of sp³-hybridized carbons (Fsp3) is 0.310. The van der Waals surface area contributed by atoms with Crippen molar-refractivity contribution in [2.45, 2.75) is 74.4 Å². The van der Waals surface area contributed by atoms with Crippen LogP contribution in [-0.4, -0.2) is 97.1 Å². The number of aromatic amines is 1. The van der Waals surface area contributed by atoms with Crippen LogP contribution in [0.5, 0.6) is 5.75 Å². The number of nitrogens with one attached hydrogen (secondary N) is 4. The Hall–Kier alpha value is -5.97. The van der Waals surface area contributed by atoms with Gasteiger partial charge in [-0.25, -0.2) is 31.3 Å². The molecule has 0 saturated carbocycles. The molecule has 0 aliphatic rings. The molecule has 0 spiro atoms. The van der Waals surface area contributed by atoms with Gasteiger partial charge in [-0.15, -0.1) is 10.2 Å². The summed E-state index contributed by atoms with van der Waals surface area (Å²) in [6.07, 6.45) is 0.788. The summed E-state index contributed by atoms with van der Waals surface area (Å²) < 4.78 is 76.7. The molecular weight excluding hydrogens is 865 g/mol. The van der Waals surface area contributed by atoms with E-state index in [9.17, 15) is 18.3 Å². The number of sulfonamides is 2. The second kappa shape index (κ2) is 19.6. The maximum atomic E-state index is 15.7. The van der Waals surface area contributed by atoms with Gasteiger partial charge >= 0.3 is 6.09 Å². The third-order valence-corrected chi connectivity index (χ3v) is 18.6. The molecule has 0 radical (unpaired) electrons. The molecule has 18 nitrogen and oxygen atoms in total. The summed E-state index contributed by atoms with van der Waals surface area (Å²) in [5, 5.41) is 27.8. The SMILES string of the molecule is COc1ccc(Cn2nnc(-c3c(Nc4ncc[nH]4)ccc(S(=O)(=O)NCC(CNC(=O)O)O[Si](C)(C)C(C)(C)C)c3S(=O)(=O)N(Cc3ccccc3)Cc3ccccc3)n2)cc1. The fourth-order valence-electron chi connectivity index (χ4n) is 6.28. The number of benzene rings is 4. The van der Waals surface area contributed by atoms with Crippen molar-refractivity contribution < 1.29 is 35.9 Å². The van der Waals surface area contributed by atoms with E-state index >= 15 is 8.42 Å². The van der Waals surface area contributed by atoms with Gasteiger partial charge in [0.1, 0.15) is 15.5 Å². The highest BCUT2D eigenvalue weighted by Crippen LogP contribution is 2.41. The second-order valence-corrected chi connectivity index (χ2v) is 24.5. The van der Waals surface area contributed by atoms with E-state index in [-0.39, 0.29) is 54.2 Å². The Morgan fingerprint density at radius 3 is 2.08 bits per heavy atom. The Bertz CT molecular complexity index is 2640. The van der Waals surface area contributed by atoms with Gasteiger partial charge in [-0.2, -0.15) is 9.10 Å². The number of methoxy groups -OCH3 is 1. The van der Waals surface area contributed by atoms with Crippen LogP contribution in [0.2, 0.25) is 18.1 Å². The van der Waals surface area contributed by atoms with E-state index in [1.54, 1.807) is 74.0 Å². The van der Waals surface area contributed by atoms with Crippen LogP contribution in [0.4, 0.5) is 16.4 Å². The molecule has 0 saturated heterocycles. The third-order valence-electron chi connectivity index (χ3n) is 10.6. The van der Waals surface area contributed by atoms with Crippen LogP contribution in [0.3, 0.4) is 0 Å². The summed E-state index contributed by atoms with van der Waals surface area (Å²) in [5.41, 5.74) is 1.99. The summed E-state index contributed by atoms with van der Waals surface area (Å²) in [7, 11) is -10.7. The molecule has 2 aromatic heterocycles. The average Bonchev–Trinajstić information content (AvgIpc) is 3.94. The minimum absolute atomic E-state index is 0.107. The lowest BCUT2D eigenvalue weighted by molar-refractivity contribution is 0.163. The molecule has 0 bridgehead atoms. The molecule has 0 aliphatic carbocycles. The maximum Gasteiger partial charge on any atom is 0.404 e. The van der Waals surface area contributed by atoms with E-state index in [4.69, 9.17) is 9.16 Å². The second-order valence-electron chi connectivity index (χ2n) is 16.2. The highest BCUT2D eigenvalue weighted by molar-refractivity contribution is 7.92. The highest BCUT2D eigenvalue weighted by Gasteiger charge is 2.41. The van der Waals surface area contributed by atoms with Crippen molar-refractivity contribution in [1.29, 1.82) is 0 Å². The number of carbonyl (C=O) groups is 1. The van der Waals surface area contributed by atoms with Crippen molar-refractivity contribution in [3.63, 3.8) is 0 Å². The third kappa shape index (κ3) is 11.7. The van der Waals surface area contributed by atoms with E-state index < -0.39 is 56.9 Å². The maximum absolute atomic E-state index is 15.7. The number of anilines is 2. The monoisotopic (exact) mass is 916 g/mol. The molecule has 21 heteroatoms. The number of aromatic nitrogens is 6. The number of H-pyrrole nitrogens is 1. The predicted octanol–water partition coefficient (Wildman–Crippen LogP) is 6.19. The molecule has 0 fully saturated rings. The highest BCUT2D eigenvalue weighted by atomic mass is 32.2. The van der Waals surface area contributed by atoms with Crippen LogP contribution >= 0.6 is 0 Å². The van der Waals surface area contributed by atoms with Crippen LogP contribution in [0.1, 0.15) is 37.5 Å². The van der Waals surface area contributed by atoms with Crippen LogP contribution in [0.15, 0.2) is 119 Å². The van der Waals surface area contributed by atoms with Crippen LogP contribution < -0.4 is 20.1 Å². The summed E-state index contributed by atoms with van der Waals surface area (Å²) in [4.78, 5) is 18.9. The molecule has 0 aliphatic heterocycles. The number of hydrogen-bond acceptors (Lipinski definition) is 12. The minimum atomic E-state index is -4.86. The van der Waals surface area contributed by atoms with Gasteiger partial charge in [-0.3, -0.25) is 0 Å². The van der Waals surface area contributed by atoms with Crippen molar-refractivity contribution in [3.05, 3.63) is 126 Å². The molecule has 6 rings (SSSR count). The topological polar surface area (TPSA) is 236 Å². The van der Waals surface area contributed by atoms with E-state index in [1.807, 2.05) is 58.1 Å².